The first-order chi connectivity index (χ1) is 22.7. The van der Waals surface area contributed by atoms with Crippen LogP contribution in [0.15, 0.2) is 24.3 Å². The van der Waals surface area contributed by atoms with Gasteiger partial charge in [0.25, 0.3) is 0 Å². The minimum Gasteiger partial charge on any atom is -0.461 e. The second kappa shape index (κ2) is 34.3. The van der Waals surface area contributed by atoms with E-state index in [0.717, 1.165) is 51.4 Å². The van der Waals surface area contributed by atoms with Crippen LogP contribution < -0.4 is 5.73 Å². The fourth-order valence-corrected chi connectivity index (χ4v) is 5.62. The molecule has 0 rings (SSSR count). The topological polar surface area (TPSA) is 78.6 Å². The Hall–Kier alpha value is -1.14. The second-order valence-electron chi connectivity index (χ2n) is 14.8. The SMILES string of the molecule is Br.CCCCCCCC/C=C\CCCCCCCC(=O)OCC(C)(OC(=O)CCCCCCC/C=C\CCCCCCCC)C(C)(C)N. The molecule has 284 valence electrons. The molecule has 5 nitrogen and oxygen atoms in total. The zero-order valence-corrected chi connectivity index (χ0v) is 34.1. The molecule has 0 aliphatic carbocycles. The molecule has 48 heavy (non-hydrogen) atoms. The van der Waals surface area contributed by atoms with Crippen LogP contribution in [0.4, 0.5) is 0 Å². The van der Waals surface area contributed by atoms with Crippen LogP contribution in [0.25, 0.3) is 0 Å². The predicted molar refractivity (Wildman–Crippen MR) is 213 cm³/mol. The Labute approximate surface area is 309 Å². The normalized spacial score (nSPS) is 13.1. The third-order valence-electron chi connectivity index (χ3n) is 9.50. The number of hydrogen-bond acceptors (Lipinski definition) is 5. The van der Waals surface area contributed by atoms with Crippen LogP contribution in [0, 0.1) is 0 Å². The molecule has 6 heteroatoms. The molecule has 1 atom stereocenters. The standard InChI is InChI=1S/C42H79NO4.BrH/c1-6-8-10-12-14-16-18-20-22-24-26-28-30-32-34-36-39(44)46-38-42(5,41(3,4)43)47-40(45)37-35-33-31-29-27-25-23-21-19-17-15-13-11-9-7-2;/h20-23H,6-19,24-38,43H2,1-5H3;1H/b22-20-,23-21-;. The molecule has 0 saturated carbocycles. The largest absolute Gasteiger partial charge is 0.461 e. The van der Waals surface area contributed by atoms with Gasteiger partial charge in [0.2, 0.25) is 0 Å². The predicted octanol–water partition coefficient (Wildman–Crippen LogP) is 13.2. The quantitative estimate of drug-likeness (QED) is 0.0403. The van der Waals surface area contributed by atoms with Gasteiger partial charge in [-0.25, -0.2) is 0 Å². The summed E-state index contributed by atoms with van der Waals surface area (Å²) in [6, 6.07) is 0. The number of allylic oxidation sites excluding steroid dienone is 4. The highest BCUT2D eigenvalue weighted by Gasteiger charge is 2.43. The van der Waals surface area contributed by atoms with Gasteiger partial charge in [-0.15, -0.1) is 17.0 Å². The molecular weight excluding hydrogens is 662 g/mol. The maximum Gasteiger partial charge on any atom is 0.306 e. The molecule has 0 aromatic heterocycles. The maximum absolute atomic E-state index is 12.7. The Kier molecular flexibility index (Phi) is 35.0. The van der Waals surface area contributed by atoms with E-state index in [9.17, 15) is 9.59 Å². The third-order valence-corrected chi connectivity index (χ3v) is 9.50. The molecule has 1 unspecified atom stereocenters. The number of ether oxygens (including phenoxy) is 2. The number of esters is 2. The Balaban J connectivity index is 0. The fourth-order valence-electron chi connectivity index (χ4n) is 5.62. The number of carbonyl (C=O) groups excluding carboxylic acids is 2. The number of unbranched alkanes of at least 4 members (excludes halogenated alkanes) is 22. The molecule has 0 amide bonds. The van der Waals surface area contributed by atoms with Crippen LogP contribution >= 0.6 is 17.0 Å². The summed E-state index contributed by atoms with van der Waals surface area (Å²) in [6.07, 6.45) is 41.9. The minimum absolute atomic E-state index is 0. The molecule has 0 fully saturated rings. The van der Waals surface area contributed by atoms with Gasteiger partial charge < -0.3 is 15.2 Å². The van der Waals surface area contributed by atoms with Crippen molar-refractivity contribution in [2.24, 2.45) is 5.73 Å². The van der Waals surface area contributed by atoms with Crippen molar-refractivity contribution in [1.82, 2.24) is 0 Å². The molecule has 0 aliphatic rings. The van der Waals surface area contributed by atoms with Crippen LogP contribution in [0.2, 0.25) is 0 Å². The molecule has 0 spiro atoms. The van der Waals surface area contributed by atoms with Crippen LogP contribution in [0.3, 0.4) is 0 Å². The molecule has 0 saturated heterocycles. The minimum atomic E-state index is -1.07. The highest BCUT2D eigenvalue weighted by atomic mass is 79.9. The zero-order valence-electron chi connectivity index (χ0n) is 32.4. The Bertz CT molecular complexity index is 791. The first-order valence-electron chi connectivity index (χ1n) is 20.1. The molecule has 0 bridgehead atoms. The van der Waals surface area contributed by atoms with Crippen LogP contribution in [-0.4, -0.2) is 29.7 Å². The van der Waals surface area contributed by atoms with Gasteiger partial charge in [-0.05, 0) is 85.0 Å². The van der Waals surface area contributed by atoms with E-state index in [1.807, 2.05) is 13.8 Å². The van der Waals surface area contributed by atoms with Gasteiger partial charge in [-0.1, -0.05) is 141 Å². The lowest BCUT2D eigenvalue weighted by atomic mass is 9.85. The first kappa shape index (κ1) is 49.0. The third kappa shape index (κ3) is 30.9. The molecule has 0 radical (unpaired) electrons. The van der Waals surface area contributed by atoms with Crippen LogP contribution in [-0.2, 0) is 19.1 Å². The van der Waals surface area contributed by atoms with Crippen molar-refractivity contribution in [3.63, 3.8) is 0 Å². The average Bonchev–Trinajstić information content (AvgIpc) is 3.03. The molecule has 0 aromatic carbocycles. The smallest absolute Gasteiger partial charge is 0.306 e. The molecule has 2 N–H and O–H groups in total. The van der Waals surface area contributed by atoms with E-state index in [4.69, 9.17) is 15.2 Å². The van der Waals surface area contributed by atoms with Gasteiger partial charge >= 0.3 is 11.9 Å². The average molecular weight is 743 g/mol. The number of halogens is 1. The molecule has 0 aromatic rings. The molecule has 0 aliphatic heterocycles. The van der Waals surface area contributed by atoms with Gasteiger partial charge in [0.1, 0.15) is 6.61 Å². The number of rotatable bonds is 34. The van der Waals surface area contributed by atoms with Gasteiger partial charge in [0, 0.05) is 12.8 Å². The van der Waals surface area contributed by atoms with E-state index in [-0.39, 0.29) is 35.5 Å². The van der Waals surface area contributed by atoms with E-state index >= 15 is 0 Å². The number of hydrogen-bond donors (Lipinski definition) is 1. The Morgan fingerprint density at radius 1 is 0.500 bits per heavy atom. The van der Waals surface area contributed by atoms with Crippen molar-refractivity contribution in [2.45, 2.75) is 226 Å². The van der Waals surface area contributed by atoms with Gasteiger partial charge in [-0.2, -0.15) is 0 Å². The summed E-state index contributed by atoms with van der Waals surface area (Å²) in [6.45, 7) is 9.93. The zero-order chi connectivity index (χ0) is 34.9. The summed E-state index contributed by atoms with van der Waals surface area (Å²) < 4.78 is 11.4. The maximum atomic E-state index is 12.7. The summed E-state index contributed by atoms with van der Waals surface area (Å²) in [4.78, 5) is 25.1. The van der Waals surface area contributed by atoms with E-state index < -0.39 is 11.1 Å². The van der Waals surface area contributed by atoms with E-state index in [2.05, 4.69) is 38.2 Å². The van der Waals surface area contributed by atoms with Crippen LogP contribution in [0.1, 0.15) is 214 Å². The van der Waals surface area contributed by atoms with E-state index in [1.165, 1.54) is 116 Å². The summed E-state index contributed by atoms with van der Waals surface area (Å²) in [7, 11) is 0. The lowest BCUT2D eigenvalue weighted by Gasteiger charge is -2.40. The highest BCUT2D eigenvalue weighted by molar-refractivity contribution is 8.93. The number of nitrogens with two attached hydrogens (primary N) is 1. The summed E-state index contributed by atoms with van der Waals surface area (Å²) in [5.74, 6) is -0.511. The lowest BCUT2D eigenvalue weighted by Crippen LogP contribution is -2.59. The Morgan fingerprint density at radius 2 is 0.812 bits per heavy atom. The van der Waals surface area contributed by atoms with Gasteiger partial charge in [-0.3, -0.25) is 9.59 Å². The van der Waals surface area contributed by atoms with E-state index in [1.54, 1.807) is 6.92 Å². The Morgan fingerprint density at radius 3 is 1.17 bits per heavy atom. The van der Waals surface area contributed by atoms with E-state index in [0.29, 0.717) is 12.8 Å². The van der Waals surface area contributed by atoms with Crippen LogP contribution in [0.5, 0.6) is 0 Å². The van der Waals surface area contributed by atoms with Crippen molar-refractivity contribution < 1.29 is 19.1 Å². The number of carbonyl (C=O) groups is 2. The monoisotopic (exact) mass is 742 g/mol. The summed E-state index contributed by atoms with van der Waals surface area (Å²) >= 11 is 0. The van der Waals surface area contributed by atoms with Gasteiger partial charge in [0.05, 0.1) is 5.54 Å². The van der Waals surface area contributed by atoms with Crippen molar-refractivity contribution in [3.05, 3.63) is 24.3 Å². The molecule has 0 heterocycles. The van der Waals surface area contributed by atoms with Crippen molar-refractivity contribution in [3.8, 4) is 0 Å². The van der Waals surface area contributed by atoms with Crippen molar-refractivity contribution in [2.75, 3.05) is 6.61 Å². The summed E-state index contributed by atoms with van der Waals surface area (Å²) in [5, 5.41) is 0. The molecular formula is C42H80BrNO4. The summed E-state index contributed by atoms with van der Waals surface area (Å²) in [5.41, 5.74) is 4.49. The van der Waals surface area contributed by atoms with Gasteiger partial charge in [0.15, 0.2) is 5.60 Å². The fraction of sp³-hybridized carbons (Fsp3) is 0.857. The lowest BCUT2D eigenvalue weighted by molar-refractivity contribution is -0.178. The highest BCUT2D eigenvalue weighted by Crippen LogP contribution is 2.26. The van der Waals surface area contributed by atoms with Crippen molar-refractivity contribution >= 4 is 28.9 Å². The second-order valence-corrected chi connectivity index (χ2v) is 14.8. The first-order valence-corrected chi connectivity index (χ1v) is 20.1. The van der Waals surface area contributed by atoms with Crippen molar-refractivity contribution in [1.29, 1.82) is 0 Å².